The fraction of sp³-hybridized carbons (Fsp3) is 0.174. The lowest BCUT2D eigenvalue weighted by molar-refractivity contribution is 0.0746. The third-order valence-electron chi connectivity index (χ3n) is 5.18. The van der Waals surface area contributed by atoms with E-state index >= 15 is 0 Å². The lowest BCUT2D eigenvalue weighted by Gasteiger charge is -2.36. The molecule has 0 aromatic heterocycles. The van der Waals surface area contributed by atoms with E-state index < -0.39 is 10.0 Å². The quantitative estimate of drug-likeness (QED) is 0.660. The zero-order valence-corrected chi connectivity index (χ0v) is 17.6. The molecule has 0 spiro atoms. The molecule has 0 bridgehead atoms. The van der Waals surface area contributed by atoms with Gasteiger partial charge >= 0.3 is 0 Å². The van der Waals surface area contributed by atoms with Crippen LogP contribution >= 0.6 is 0 Å². The highest BCUT2D eigenvalue weighted by Crippen LogP contribution is 2.22. The fourth-order valence-electron chi connectivity index (χ4n) is 3.57. The number of nitrogens with one attached hydrogen (secondary N) is 1. The van der Waals surface area contributed by atoms with E-state index in [1.54, 1.807) is 59.5 Å². The van der Waals surface area contributed by atoms with Crippen molar-refractivity contribution in [1.29, 1.82) is 0 Å². The van der Waals surface area contributed by atoms with Crippen molar-refractivity contribution in [3.63, 3.8) is 0 Å². The van der Waals surface area contributed by atoms with Crippen LogP contribution < -0.4 is 9.62 Å². The number of hydrogen-bond acceptors (Lipinski definition) is 4. The molecule has 3 aromatic carbocycles. The van der Waals surface area contributed by atoms with E-state index in [4.69, 9.17) is 0 Å². The van der Waals surface area contributed by atoms with Crippen molar-refractivity contribution in [3.05, 3.63) is 90.2 Å². The molecule has 8 heteroatoms. The second-order valence-electron chi connectivity index (χ2n) is 7.23. The Hall–Kier alpha value is -3.39. The number of nitrogens with zero attached hydrogens (tertiary/aromatic N) is 2. The average molecular weight is 440 g/mol. The molecule has 160 valence electrons. The van der Waals surface area contributed by atoms with Gasteiger partial charge in [-0.25, -0.2) is 12.8 Å². The van der Waals surface area contributed by atoms with E-state index in [2.05, 4.69) is 4.72 Å². The van der Waals surface area contributed by atoms with Gasteiger partial charge in [0, 0.05) is 37.4 Å². The van der Waals surface area contributed by atoms with Crippen LogP contribution in [-0.2, 0) is 10.0 Å². The van der Waals surface area contributed by atoms with Crippen LogP contribution in [0.5, 0.6) is 0 Å². The second-order valence-corrected chi connectivity index (χ2v) is 8.91. The Labute approximate surface area is 181 Å². The topological polar surface area (TPSA) is 69.7 Å². The summed E-state index contributed by atoms with van der Waals surface area (Å²) in [5.74, 6) is -0.463. The first-order valence-electron chi connectivity index (χ1n) is 9.91. The van der Waals surface area contributed by atoms with Crippen molar-refractivity contribution in [2.75, 3.05) is 35.8 Å². The van der Waals surface area contributed by atoms with Crippen molar-refractivity contribution >= 4 is 27.3 Å². The monoisotopic (exact) mass is 439 g/mol. The second kappa shape index (κ2) is 8.77. The maximum atomic E-state index is 14.0. The highest BCUT2D eigenvalue weighted by molar-refractivity contribution is 7.92. The summed E-state index contributed by atoms with van der Waals surface area (Å²) in [5, 5.41) is 0. The molecule has 1 aliphatic rings. The average Bonchev–Trinajstić information content (AvgIpc) is 2.79. The van der Waals surface area contributed by atoms with Gasteiger partial charge in [0.05, 0.1) is 10.6 Å². The predicted octanol–water partition coefficient (Wildman–Crippen LogP) is 3.59. The first kappa shape index (κ1) is 20.9. The largest absolute Gasteiger partial charge is 0.366 e. The van der Waals surface area contributed by atoms with Crippen molar-refractivity contribution < 1.29 is 17.6 Å². The molecule has 0 saturated carbocycles. The Bertz CT molecular complexity index is 1180. The molecule has 0 unspecified atom stereocenters. The molecular weight excluding hydrogens is 417 g/mol. The SMILES string of the molecule is O=C(c1cccc(NS(=O)(=O)c2ccccc2)c1)N1CCN(c2ccccc2F)CC1. The highest BCUT2D eigenvalue weighted by Gasteiger charge is 2.24. The zero-order valence-electron chi connectivity index (χ0n) is 16.7. The smallest absolute Gasteiger partial charge is 0.261 e. The number of carbonyl (C=O) groups excluding carboxylic acids is 1. The van der Waals surface area contributed by atoms with Gasteiger partial charge in [-0.1, -0.05) is 36.4 Å². The van der Waals surface area contributed by atoms with Crippen LogP contribution in [0.1, 0.15) is 10.4 Å². The van der Waals surface area contributed by atoms with E-state index in [0.29, 0.717) is 43.1 Å². The van der Waals surface area contributed by atoms with Crippen LogP contribution in [0.3, 0.4) is 0 Å². The van der Waals surface area contributed by atoms with Crippen molar-refractivity contribution in [3.8, 4) is 0 Å². The molecule has 31 heavy (non-hydrogen) atoms. The van der Waals surface area contributed by atoms with Crippen LogP contribution in [0.4, 0.5) is 15.8 Å². The van der Waals surface area contributed by atoms with Crippen molar-refractivity contribution in [1.82, 2.24) is 4.90 Å². The number of para-hydroxylation sites is 1. The molecule has 1 fully saturated rings. The summed E-state index contributed by atoms with van der Waals surface area (Å²) < 4.78 is 41.6. The third-order valence-corrected chi connectivity index (χ3v) is 6.57. The first-order valence-corrected chi connectivity index (χ1v) is 11.4. The summed E-state index contributed by atoms with van der Waals surface area (Å²) in [7, 11) is -3.74. The molecule has 6 nitrogen and oxygen atoms in total. The Morgan fingerprint density at radius 2 is 1.52 bits per heavy atom. The Balaban J connectivity index is 1.44. The van der Waals surface area contributed by atoms with E-state index in [0.717, 1.165) is 0 Å². The Kier molecular flexibility index (Phi) is 5.90. The van der Waals surface area contributed by atoms with Gasteiger partial charge in [0.1, 0.15) is 5.82 Å². The molecule has 3 aromatic rings. The lowest BCUT2D eigenvalue weighted by atomic mass is 10.1. The Morgan fingerprint density at radius 1 is 0.839 bits per heavy atom. The summed E-state index contributed by atoms with van der Waals surface area (Å²) >= 11 is 0. The molecule has 4 rings (SSSR count). The number of benzene rings is 3. The van der Waals surface area contributed by atoms with E-state index in [1.165, 1.54) is 24.3 Å². The van der Waals surface area contributed by atoms with Gasteiger partial charge in [0.2, 0.25) is 0 Å². The molecule has 1 aliphatic heterocycles. The van der Waals surface area contributed by atoms with Crippen LogP contribution in [-0.4, -0.2) is 45.4 Å². The molecule has 1 amide bonds. The summed E-state index contributed by atoms with van der Waals surface area (Å²) in [6.45, 7) is 1.94. The number of piperazine rings is 1. The van der Waals surface area contributed by atoms with Gasteiger partial charge in [0.25, 0.3) is 15.9 Å². The molecule has 1 saturated heterocycles. The minimum Gasteiger partial charge on any atom is -0.366 e. The van der Waals surface area contributed by atoms with Crippen molar-refractivity contribution in [2.24, 2.45) is 0 Å². The van der Waals surface area contributed by atoms with E-state index in [-0.39, 0.29) is 16.6 Å². The van der Waals surface area contributed by atoms with Gasteiger partial charge < -0.3 is 9.80 Å². The Morgan fingerprint density at radius 3 is 2.23 bits per heavy atom. The molecule has 0 atom stereocenters. The highest BCUT2D eigenvalue weighted by atomic mass is 32.2. The summed E-state index contributed by atoms with van der Waals surface area (Å²) in [4.78, 5) is 16.7. The maximum Gasteiger partial charge on any atom is 0.261 e. The molecule has 0 radical (unpaired) electrons. The zero-order chi connectivity index (χ0) is 21.8. The molecule has 1 N–H and O–H groups in total. The van der Waals surface area contributed by atoms with Crippen LogP contribution in [0.25, 0.3) is 0 Å². The number of rotatable bonds is 5. The maximum absolute atomic E-state index is 14.0. The summed E-state index contributed by atoms with van der Waals surface area (Å²) in [5.41, 5.74) is 1.25. The van der Waals surface area contributed by atoms with Crippen LogP contribution in [0.15, 0.2) is 83.8 Å². The van der Waals surface area contributed by atoms with Gasteiger partial charge in [-0.2, -0.15) is 0 Å². The molecule has 0 aliphatic carbocycles. The molecular formula is C23H22FN3O3S. The fourth-order valence-corrected chi connectivity index (χ4v) is 4.64. The first-order chi connectivity index (χ1) is 14.9. The third kappa shape index (κ3) is 4.69. The minimum absolute atomic E-state index is 0.149. The minimum atomic E-state index is -3.74. The number of sulfonamides is 1. The van der Waals surface area contributed by atoms with Crippen LogP contribution in [0.2, 0.25) is 0 Å². The number of halogens is 1. The normalized spacial score (nSPS) is 14.4. The molecule has 1 heterocycles. The lowest BCUT2D eigenvalue weighted by Crippen LogP contribution is -2.49. The predicted molar refractivity (Wildman–Crippen MR) is 118 cm³/mol. The van der Waals surface area contributed by atoms with Crippen molar-refractivity contribution in [2.45, 2.75) is 4.90 Å². The van der Waals surface area contributed by atoms with Crippen LogP contribution in [0, 0.1) is 5.82 Å². The van der Waals surface area contributed by atoms with Gasteiger partial charge in [-0.05, 0) is 42.5 Å². The number of anilines is 2. The summed E-state index contributed by atoms with van der Waals surface area (Å²) in [6.07, 6.45) is 0. The summed E-state index contributed by atoms with van der Waals surface area (Å²) in [6, 6.07) is 21.1. The van der Waals surface area contributed by atoms with Gasteiger partial charge in [-0.15, -0.1) is 0 Å². The standard InChI is InChI=1S/C23H22FN3O3S/c24-21-11-4-5-12-22(21)26-13-15-27(16-14-26)23(28)18-7-6-8-19(17-18)25-31(29,30)20-9-2-1-3-10-20/h1-12,17,25H,13-16H2. The van der Waals surface area contributed by atoms with Gasteiger partial charge in [0.15, 0.2) is 0 Å². The van der Waals surface area contributed by atoms with E-state index in [1.807, 2.05) is 4.90 Å². The van der Waals surface area contributed by atoms with Gasteiger partial charge in [-0.3, -0.25) is 9.52 Å². The van der Waals surface area contributed by atoms with E-state index in [9.17, 15) is 17.6 Å². The number of hydrogen-bond donors (Lipinski definition) is 1. The number of carbonyl (C=O) groups is 1. The number of amides is 1.